The zero-order valence-electron chi connectivity index (χ0n) is 13.4. The van der Waals surface area contributed by atoms with Crippen molar-refractivity contribution in [3.8, 4) is 11.4 Å². The zero-order valence-corrected chi connectivity index (χ0v) is 13.4. The Kier molecular flexibility index (Phi) is 3.84. The average molecular weight is 329 g/mol. The van der Waals surface area contributed by atoms with Gasteiger partial charge in [0.15, 0.2) is 5.82 Å². The molecule has 0 aliphatic carbocycles. The molecule has 0 spiro atoms. The lowest BCUT2D eigenvalue weighted by Crippen LogP contribution is -2.23. The van der Waals surface area contributed by atoms with Gasteiger partial charge in [0.25, 0.3) is 5.91 Å². The molecule has 0 aliphatic heterocycles. The molecule has 0 saturated carbocycles. The van der Waals surface area contributed by atoms with Gasteiger partial charge in [-0.1, -0.05) is 0 Å². The molecular weight excluding hydrogens is 313 g/mol. The number of H-pyrrole nitrogens is 1. The Labute approximate surface area is 137 Å². The van der Waals surface area contributed by atoms with E-state index in [9.17, 15) is 9.18 Å². The second-order valence-corrected chi connectivity index (χ2v) is 6.17. The topological polar surface area (TPSA) is 101 Å². The maximum absolute atomic E-state index is 13.9. The fourth-order valence-corrected chi connectivity index (χ4v) is 2.00. The smallest absolute Gasteiger partial charge is 0.295 e. The Morgan fingerprint density at radius 3 is 2.71 bits per heavy atom. The van der Waals surface area contributed by atoms with Crippen molar-refractivity contribution in [3.05, 3.63) is 42.5 Å². The highest BCUT2D eigenvalue weighted by Gasteiger charge is 2.19. The lowest BCUT2D eigenvalue weighted by molar-refractivity contribution is 0.101. The van der Waals surface area contributed by atoms with Crippen molar-refractivity contribution in [1.82, 2.24) is 29.9 Å². The van der Waals surface area contributed by atoms with Gasteiger partial charge in [-0.05, 0) is 39.0 Å². The molecule has 9 heteroatoms. The fourth-order valence-electron chi connectivity index (χ4n) is 2.00. The van der Waals surface area contributed by atoms with Gasteiger partial charge in [0.2, 0.25) is 5.82 Å². The fraction of sp³-hybridized carbons (Fsp3) is 0.267. The van der Waals surface area contributed by atoms with Gasteiger partial charge in [0.05, 0.1) is 11.1 Å². The molecular formula is C15H16FN7O. The normalized spacial score (nSPS) is 11.5. The van der Waals surface area contributed by atoms with E-state index >= 15 is 0 Å². The first-order chi connectivity index (χ1) is 11.3. The van der Waals surface area contributed by atoms with Crippen LogP contribution in [0.15, 0.2) is 30.9 Å². The molecule has 124 valence electrons. The first kappa shape index (κ1) is 15.8. The number of nitrogens with zero attached hydrogens (tertiary/aromatic N) is 5. The van der Waals surface area contributed by atoms with E-state index in [1.165, 1.54) is 30.9 Å². The largest absolute Gasteiger partial charge is 0.319 e. The molecule has 0 bridgehead atoms. The minimum absolute atomic E-state index is 0.0375. The van der Waals surface area contributed by atoms with Crippen molar-refractivity contribution in [2.45, 2.75) is 26.3 Å². The molecule has 8 nitrogen and oxygen atoms in total. The van der Waals surface area contributed by atoms with E-state index in [4.69, 9.17) is 0 Å². The summed E-state index contributed by atoms with van der Waals surface area (Å²) in [6, 6.07) is 4.16. The highest BCUT2D eigenvalue weighted by Crippen LogP contribution is 2.23. The second kappa shape index (κ2) is 5.84. The number of carbonyl (C=O) groups excluding carboxylic acids is 1. The van der Waals surface area contributed by atoms with Gasteiger partial charge >= 0.3 is 0 Å². The van der Waals surface area contributed by atoms with E-state index in [0.717, 1.165) is 0 Å². The highest BCUT2D eigenvalue weighted by molar-refractivity contribution is 6.01. The Hall–Kier alpha value is -3.10. The molecule has 3 rings (SSSR count). The van der Waals surface area contributed by atoms with Crippen LogP contribution in [-0.4, -0.2) is 35.9 Å². The number of aromatic nitrogens is 6. The molecule has 2 heterocycles. The summed E-state index contributed by atoms with van der Waals surface area (Å²) in [5.74, 6) is -0.637. The van der Waals surface area contributed by atoms with Gasteiger partial charge in [-0.25, -0.2) is 19.0 Å². The van der Waals surface area contributed by atoms with Crippen LogP contribution >= 0.6 is 0 Å². The zero-order chi connectivity index (χ0) is 17.3. The Morgan fingerprint density at radius 2 is 2.08 bits per heavy atom. The van der Waals surface area contributed by atoms with Crippen molar-refractivity contribution < 1.29 is 9.18 Å². The third kappa shape index (κ3) is 3.14. The molecule has 24 heavy (non-hydrogen) atoms. The first-order valence-corrected chi connectivity index (χ1v) is 7.23. The lowest BCUT2D eigenvalue weighted by atomic mass is 10.1. The van der Waals surface area contributed by atoms with Crippen LogP contribution in [0.4, 0.5) is 10.1 Å². The van der Waals surface area contributed by atoms with Gasteiger partial charge < -0.3 is 5.32 Å². The maximum Gasteiger partial charge on any atom is 0.295 e. The quantitative estimate of drug-likeness (QED) is 0.767. The van der Waals surface area contributed by atoms with E-state index in [-0.39, 0.29) is 22.8 Å². The van der Waals surface area contributed by atoms with Crippen molar-refractivity contribution in [1.29, 1.82) is 0 Å². The first-order valence-electron chi connectivity index (χ1n) is 7.23. The average Bonchev–Trinajstić information content (AvgIpc) is 3.20. The second-order valence-electron chi connectivity index (χ2n) is 6.17. The van der Waals surface area contributed by atoms with E-state index < -0.39 is 11.7 Å². The molecule has 0 radical (unpaired) electrons. The summed E-state index contributed by atoms with van der Waals surface area (Å²) in [5.41, 5.74) is 0.333. The van der Waals surface area contributed by atoms with Crippen molar-refractivity contribution in [2.75, 3.05) is 5.32 Å². The van der Waals surface area contributed by atoms with Gasteiger partial charge in [-0.15, -0.1) is 5.10 Å². The standard InChI is InChI=1S/C15H16FN7O/c1-15(2,3)23-8-18-13(22-23)14(24)20-9-4-5-11(16)10(6-9)12-17-7-19-21-12/h4-8H,1-3H3,(H,20,24)(H,17,19,21). The summed E-state index contributed by atoms with van der Waals surface area (Å²) >= 11 is 0. The van der Waals surface area contributed by atoms with E-state index in [0.29, 0.717) is 5.69 Å². The van der Waals surface area contributed by atoms with Crippen LogP contribution in [0.2, 0.25) is 0 Å². The summed E-state index contributed by atoms with van der Waals surface area (Å²) in [5, 5.41) is 13.1. The number of carbonyl (C=O) groups is 1. The summed E-state index contributed by atoms with van der Waals surface area (Å²) in [6.45, 7) is 5.85. The SMILES string of the molecule is CC(C)(C)n1cnc(C(=O)Nc2ccc(F)c(-c3ncn[nH]3)c2)n1. The number of halogens is 1. The predicted octanol–water partition coefficient (Wildman–Crippen LogP) is 2.21. The number of benzene rings is 1. The van der Waals surface area contributed by atoms with Crippen LogP contribution in [0.1, 0.15) is 31.4 Å². The summed E-state index contributed by atoms with van der Waals surface area (Å²) in [4.78, 5) is 20.2. The van der Waals surface area contributed by atoms with Crippen LogP contribution in [0, 0.1) is 5.82 Å². The van der Waals surface area contributed by atoms with Crippen molar-refractivity contribution >= 4 is 11.6 Å². The summed E-state index contributed by atoms with van der Waals surface area (Å²) < 4.78 is 15.5. The van der Waals surface area contributed by atoms with Crippen LogP contribution in [0.3, 0.4) is 0 Å². The van der Waals surface area contributed by atoms with Crippen LogP contribution in [-0.2, 0) is 5.54 Å². The molecule has 3 aromatic rings. The molecule has 2 aromatic heterocycles. The van der Waals surface area contributed by atoms with Crippen LogP contribution in [0.25, 0.3) is 11.4 Å². The molecule has 0 atom stereocenters. The van der Waals surface area contributed by atoms with Gasteiger partial charge in [-0.3, -0.25) is 9.89 Å². The minimum Gasteiger partial charge on any atom is -0.319 e. The van der Waals surface area contributed by atoms with E-state index in [2.05, 4.69) is 30.6 Å². The van der Waals surface area contributed by atoms with E-state index in [1.54, 1.807) is 4.68 Å². The number of amides is 1. The van der Waals surface area contributed by atoms with Crippen LogP contribution < -0.4 is 5.32 Å². The van der Waals surface area contributed by atoms with Gasteiger partial charge in [-0.2, -0.15) is 5.10 Å². The summed E-state index contributed by atoms with van der Waals surface area (Å²) in [6.07, 6.45) is 2.78. The molecule has 0 unspecified atom stereocenters. The predicted molar refractivity (Wildman–Crippen MR) is 84.7 cm³/mol. The third-order valence-electron chi connectivity index (χ3n) is 3.28. The molecule has 0 saturated heterocycles. The highest BCUT2D eigenvalue weighted by atomic mass is 19.1. The Bertz CT molecular complexity index is 864. The minimum atomic E-state index is -0.479. The number of anilines is 1. The van der Waals surface area contributed by atoms with Crippen LogP contribution in [0.5, 0.6) is 0 Å². The third-order valence-corrected chi connectivity index (χ3v) is 3.28. The number of rotatable bonds is 3. The van der Waals surface area contributed by atoms with Gasteiger partial charge in [0, 0.05) is 5.69 Å². The molecule has 1 aromatic carbocycles. The Morgan fingerprint density at radius 1 is 1.29 bits per heavy atom. The number of nitrogens with one attached hydrogen (secondary N) is 2. The number of aromatic amines is 1. The Balaban J connectivity index is 1.82. The van der Waals surface area contributed by atoms with Crippen molar-refractivity contribution in [2.24, 2.45) is 0 Å². The summed E-state index contributed by atoms with van der Waals surface area (Å²) in [7, 11) is 0. The molecule has 1 amide bonds. The molecule has 0 fully saturated rings. The maximum atomic E-state index is 13.9. The van der Waals surface area contributed by atoms with Crippen molar-refractivity contribution in [3.63, 3.8) is 0 Å². The van der Waals surface area contributed by atoms with Gasteiger partial charge in [0.1, 0.15) is 18.5 Å². The monoisotopic (exact) mass is 329 g/mol. The lowest BCUT2D eigenvalue weighted by Gasteiger charge is -2.17. The number of hydrogen-bond donors (Lipinski definition) is 2. The molecule has 2 N–H and O–H groups in total. The van der Waals surface area contributed by atoms with E-state index in [1.807, 2.05) is 20.8 Å². The molecule has 0 aliphatic rings. The number of hydrogen-bond acceptors (Lipinski definition) is 5.